The molecule has 3 aromatic rings. The molecule has 8 nitrogen and oxygen atoms in total. The summed E-state index contributed by atoms with van der Waals surface area (Å²) in [5, 5.41) is 10.4. The van der Waals surface area contributed by atoms with Gasteiger partial charge < -0.3 is 5.32 Å². The van der Waals surface area contributed by atoms with E-state index in [0.717, 1.165) is 12.1 Å². The van der Waals surface area contributed by atoms with E-state index in [0.29, 0.717) is 11.3 Å². The van der Waals surface area contributed by atoms with Gasteiger partial charge in [0.1, 0.15) is 0 Å². The van der Waals surface area contributed by atoms with Crippen LogP contribution in [0.4, 0.5) is 11.4 Å². The maximum Gasteiger partial charge on any atom is 0.294 e. The van der Waals surface area contributed by atoms with E-state index < -0.39 is 27.9 Å². The Morgan fingerprint density at radius 1 is 0.833 bits per heavy atom. The number of azo groups is 1. The van der Waals surface area contributed by atoms with Gasteiger partial charge in [0.2, 0.25) is 6.04 Å². The molecule has 0 bridgehead atoms. The van der Waals surface area contributed by atoms with Gasteiger partial charge in [-0.15, -0.1) is 0 Å². The van der Waals surface area contributed by atoms with Crippen LogP contribution in [0.1, 0.15) is 10.4 Å². The Bertz CT molecular complexity index is 1160. The number of benzene rings is 3. The molecule has 0 saturated carbocycles. The normalized spacial score (nSPS) is 12.4. The van der Waals surface area contributed by atoms with Gasteiger partial charge in [0.15, 0.2) is 5.78 Å². The number of nitrogens with one attached hydrogen (secondary N) is 1. The molecule has 0 saturated heterocycles. The minimum atomic E-state index is -4.34. The first-order chi connectivity index (χ1) is 14.3. The summed E-state index contributed by atoms with van der Waals surface area (Å²) >= 11 is 0. The van der Waals surface area contributed by atoms with Crippen LogP contribution in [-0.2, 0) is 14.9 Å². The molecular weight excluding hydrogens is 406 g/mol. The van der Waals surface area contributed by atoms with Crippen molar-refractivity contribution in [2.45, 2.75) is 10.9 Å². The molecule has 0 aliphatic heterocycles. The largest absolute Gasteiger partial charge is 0.324 e. The minimum absolute atomic E-state index is 0.209. The summed E-state index contributed by atoms with van der Waals surface area (Å²) in [4.78, 5) is 25.3. The van der Waals surface area contributed by atoms with Crippen molar-refractivity contribution in [3.05, 3.63) is 90.5 Å². The van der Waals surface area contributed by atoms with Gasteiger partial charge in [-0.3, -0.25) is 14.1 Å². The highest BCUT2D eigenvalue weighted by Gasteiger charge is 2.28. The number of ketones is 1. The molecule has 0 aliphatic carbocycles. The molecule has 30 heavy (non-hydrogen) atoms. The van der Waals surface area contributed by atoms with Crippen LogP contribution in [0.5, 0.6) is 0 Å². The van der Waals surface area contributed by atoms with Gasteiger partial charge in [0.25, 0.3) is 16.0 Å². The first kappa shape index (κ1) is 21.0. The highest BCUT2D eigenvalue weighted by Crippen LogP contribution is 2.19. The van der Waals surface area contributed by atoms with Crippen molar-refractivity contribution in [1.82, 2.24) is 0 Å². The Morgan fingerprint density at radius 2 is 1.40 bits per heavy atom. The lowest BCUT2D eigenvalue weighted by Crippen LogP contribution is -2.33. The number of hydrogen-bond donors (Lipinski definition) is 2. The molecule has 1 unspecified atom stereocenters. The van der Waals surface area contributed by atoms with E-state index in [1.54, 1.807) is 60.7 Å². The Morgan fingerprint density at radius 3 is 1.97 bits per heavy atom. The van der Waals surface area contributed by atoms with Crippen LogP contribution in [0.25, 0.3) is 0 Å². The molecule has 0 radical (unpaired) electrons. The Balaban J connectivity index is 1.87. The maximum absolute atomic E-state index is 12.9. The Hall–Kier alpha value is -3.69. The highest BCUT2D eigenvalue weighted by molar-refractivity contribution is 7.85. The van der Waals surface area contributed by atoms with Gasteiger partial charge in [-0.25, -0.2) is 0 Å². The van der Waals surface area contributed by atoms with Crippen molar-refractivity contribution in [3.8, 4) is 0 Å². The van der Waals surface area contributed by atoms with Gasteiger partial charge in [0, 0.05) is 11.3 Å². The smallest absolute Gasteiger partial charge is 0.294 e. The van der Waals surface area contributed by atoms with Crippen LogP contribution in [0, 0.1) is 0 Å². The van der Waals surface area contributed by atoms with Crippen molar-refractivity contribution in [3.63, 3.8) is 0 Å². The highest BCUT2D eigenvalue weighted by atomic mass is 32.2. The second-order valence-electron chi connectivity index (χ2n) is 6.17. The lowest BCUT2D eigenvalue weighted by atomic mass is 10.0. The van der Waals surface area contributed by atoms with Crippen LogP contribution in [0.2, 0.25) is 0 Å². The van der Waals surface area contributed by atoms with Crippen LogP contribution < -0.4 is 5.32 Å². The van der Waals surface area contributed by atoms with E-state index >= 15 is 0 Å². The van der Waals surface area contributed by atoms with Gasteiger partial charge in [-0.1, -0.05) is 48.5 Å². The zero-order chi connectivity index (χ0) is 21.6. The monoisotopic (exact) mass is 423 g/mol. The Labute approximate surface area is 173 Å². The number of amides is 1. The van der Waals surface area contributed by atoms with Gasteiger partial charge in [-0.05, 0) is 36.4 Å². The lowest BCUT2D eigenvalue weighted by molar-refractivity contribution is -0.116. The molecule has 0 spiro atoms. The van der Waals surface area contributed by atoms with Crippen molar-refractivity contribution < 1.29 is 22.6 Å². The molecule has 0 heterocycles. The molecule has 3 rings (SSSR count). The van der Waals surface area contributed by atoms with E-state index in [9.17, 15) is 18.0 Å². The minimum Gasteiger partial charge on any atom is -0.324 e. The van der Waals surface area contributed by atoms with E-state index in [1.165, 1.54) is 12.1 Å². The molecule has 0 fully saturated rings. The topological polar surface area (TPSA) is 125 Å². The molecule has 0 aromatic heterocycles. The van der Waals surface area contributed by atoms with Crippen LogP contribution >= 0.6 is 0 Å². The number of Topliss-reactive ketones (excluding diaryl/α,β-unsaturated/α-hetero) is 1. The van der Waals surface area contributed by atoms with E-state index in [4.69, 9.17) is 4.55 Å². The van der Waals surface area contributed by atoms with Gasteiger partial charge in [-0.2, -0.15) is 18.6 Å². The molecule has 1 amide bonds. The summed E-state index contributed by atoms with van der Waals surface area (Å²) in [7, 11) is -4.34. The SMILES string of the molecule is O=C(Nc1ccccc1)C(N=Nc1ccc(S(=O)(=O)O)cc1)C(=O)c1ccccc1. The van der Waals surface area contributed by atoms with Crippen LogP contribution in [0.3, 0.4) is 0 Å². The zero-order valence-electron chi connectivity index (χ0n) is 15.5. The summed E-state index contributed by atoms with van der Waals surface area (Å²) in [6.07, 6.45) is 0. The van der Waals surface area contributed by atoms with Gasteiger partial charge >= 0.3 is 0 Å². The number of carbonyl (C=O) groups is 2. The number of rotatable bonds is 7. The predicted octanol–water partition coefficient (Wildman–Crippen LogP) is 3.91. The first-order valence-corrected chi connectivity index (χ1v) is 10.2. The standard InChI is InChI=1S/C21H17N3O5S/c25-20(15-7-3-1-4-8-15)19(21(26)22-16-9-5-2-6-10-16)24-23-17-11-13-18(14-12-17)30(27,28)29/h1-14,19H,(H,22,26)(H,27,28,29). The molecule has 152 valence electrons. The van der Waals surface area contributed by atoms with E-state index in [1.807, 2.05) is 0 Å². The fourth-order valence-corrected chi connectivity index (χ4v) is 3.01. The third-order valence-corrected chi connectivity index (χ3v) is 4.89. The second kappa shape index (κ2) is 9.21. The van der Waals surface area contributed by atoms with E-state index in [-0.39, 0.29) is 10.6 Å². The number of hydrogen-bond acceptors (Lipinski definition) is 6. The zero-order valence-corrected chi connectivity index (χ0v) is 16.4. The molecule has 0 aliphatic rings. The number of carbonyl (C=O) groups excluding carboxylic acids is 2. The predicted molar refractivity (Wildman–Crippen MR) is 110 cm³/mol. The van der Waals surface area contributed by atoms with Crippen molar-refractivity contribution in [1.29, 1.82) is 0 Å². The quantitative estimate of drug-likeness (QED) is 0.258. The van der Waals surface area contributed by atoms with Crippen molar-refractivity contribution in [2.24, 2.45) is 10.2 Å². The molecule has 2 N–H and O–H groups in total. The summed E-state index contributed by atoms with van der Waals surface area (Å²) in [5.41, 5.74) is 1.01. The molecule has 3 aromatic carbocycles. The molecule has 9 heteroatoms. The molecule has 1 atom stereocenters. The second-order valence-corrected chi connectivity index (χ2v) is 7.59. The summed E-state index contributed by atoms with van der Waals surface area (Å²) in [6.45, 7) is 0. The third kappa shape index (κ3) is 5.43. The summed E-state index contributed by atoms with van der Waals surface area (Å²) in [5.74, 6) is -1.20. The maximum atomic E-state index is 12.9. The Kier molecular flexibility index (Phi) is 6.45. The number of anilines is 1. The van der Waals surface area contributed by atoms with E-state index in [2.05, 4.69) is 15.5 Å². The van der Waals surface area contributed by atoms with Crippen LogP contribution in [-0.4, -0.2) is 30.7 Å². The average molecular weight is 423 g/mol. The summed E-state index contributed by atoms with van der Waals surface area (Å²) in [6, 6.07) is 20.3. The first-order valence-electron chi connectivity index (χ1n) is 8.78. The van der Waals surface area contributed by atoms with Gasteiger partial charge in [0.05, 0.1) is 10.6 Å². The fraction of sp³-hybridized carbons (Fsp3) is 0.0476. The van der Waals surface area contributed by atoms with Crippen LogP contribution in [0.15, 0.2) is 100 Å². The van der Waals surface area contributed by atoms with Crippen molar-refractivity contribution >= 4 is 33.2 Å². The fourth-order valence-electron chi connectivity index (χ4n) is 2.53. The molecular formula is C21H17N3O5S. The third-order valence-electron chi connectivity index (χ3n) is 4.02. The van der Waals surface area contributed by atoms with Crippen molar-refractivity contribution in [2.75, 3.05) is 5.32 Å². The number of para-hydroxylation sites is 1. The average Bonchev–Trinajstić information content (AvgIpc) is 2.75. The lowest BCUT2D eigenvalue weighted by Gasteiger charge is -2.11. The number of nitrogens with zero attached hydrogens (tertiary/aromatic N) is 2. The summed E-state index contributed by atoms with van der Waals surface area (Å²) < 4.78 is 31.3.